The van der Waals surface area contributed by atoms with Crippen molar-refractivity contribution in [2.45, 2.75) is 30.8 Å². The molecule has 0 spiro atoms. The molecule has 0 radical (unpaired) electrons. The molecule has 2 aromatic rings. The molecule has 2 unspecified atom stereocenters. The number of likely N-dealkylation sites (N-methyl/N-ethyl adjacent to an activating group) is 1. The zero-order valence-electron chi connectivity index (χ0n) is 17.1. The van der Waals surface area contributed by atoms with Gasteiger partial charge < -0.3 is 10.2 Å². The maximum absolute atomic E-state index is 13.9. The molecule has 6 nitrogen and oxygen atoms in total. The monoisotopic (exact) mass is 421 g/mol. The van der Waals surface area contributed by atoms with E-state index in [9.17, 15) is 17.6 Å². The zero-order valence-corrected chi connectivity index (χ0v) is 17.9. The maximum atomic E-state index is 13.9. The van der Waals surface area contributed by atoms with E-state index in [1.54, 1.807) is 13.8 Å². The van der Waals surface area contributed by atoms with Crippen LogP contribution in [0.3, 0.4) is 0 Å². The largest absolute Gasteiger partial charge is 0.353 e. The fourth-order valence-corrected chi connectivity index (χ4v) is 4.39. The molecular formula is C21H28FN3O3S. The Kier molecular flexibility index (Phi) is 7.89. The van der Waals surface area contributed by atoms with Crippen LogP contribution in [0.4, 0.5) is 4.39 Å². The number of carbonyl (C=O) groups is 1. The Bertz CT molecular complexity index is 918. The Morgan fingerprint density at radius 1 is 1.03 bits per heavy atom. The minimum atomic E-state index is -4.18. The second kappa shape index (κ2) is 9.96. The van der Waals surface area contributed by atoms with Crippen LogP contribution in [-0.4, -0.2) is 45.9 Å². The van der Waals surface area contributed by atoms with Crippen molar-refractivity contribution in [1.29, 1.82) is 0 Å². The van der Waals surface area contributed by atoms with Crippen LogP contribution in [0, 0.1) is 11.7 Å². The van der Waals surface area contributed by atoms with Crippen LogP contribution in [0.1, 0.15) is 25.5 Å². The predicted molar refractivity (Wildman–Crippen MR) is 111 cm³/mol. The highest BCUT2D eigenvalue weighted by Crippen LogP contribution is 2.18. The smallest absolute Gasteiger partial charge is 0.244 e. The summed E-state index contributed by atoms with van der Waals surface area (Å²) < 4.78 is 41.5. The standard InChI is InChI=1S/C21H28FN3O3S/c1-15(2)20(24-29(27,28)19-13-9-8-12-17(19)22)21(26)23-14-18(25(3)4)16-10-6-5-7-11-16/h5-13,15,18,20,24H,14H2,1-4H3,(H,23,26). The number of rotatable bonds is 9. The first-order valence-electron chi connectivity index (χ1n) is 9.39. The highest BCUT2D eigenvalue weighted by Gasteiger charge is 2.30. The number of nitrogens with zero attached hydrogens (tertiary/aromatic N) is 1. The molecule has 0 bridgehead atoms. The molecule has 0 aliphatic carbocycles. The summed E-state index contributed by atoms with van der Waals surface area (Å²) >= 11 is 0. The van der Waals surface area contributed by atoms with Crippen molar-refractivity contribution in [3.05, 3.63) is 66.0 Å². The summed E-state index contributed by atoms with van der Waals surface area (Å²) in [6, 6.07) is 13.7. The molecule has 2 aromatic carbocycles. The summed E-state index contributed by atoms with van der Waals surface area (Å²) in [7, 11) is -0.369. The van der Waals surface area contributed by atoms with Gasteiger partial charge in [0.05, 0.1) is 6.04 Å². The van der Waals surface area contributed by atoms with Crippen molar-refractivity contribution in [1.82, 2.24) is 14.9 Å². The maximum Gasteiger partial charge on any atom is 0.244 e. The van der Waals surface area contributed by atoms with Gasteiger partial charge >= 0.3 is 0 Å². The van der Waals surface area contributed by atoms with Crippen molar-refractivity contribution >= 4 is 15.9 Å². The predicted octanol–water partition coefficient (Wildman–Crippen LogP) is 2.55. The van der Waals surface area contributed by atoms with Gasteiger partial charge in [-0.05, 0) is 37.7 Å². The zero-order chi connectivity index (χ0) is 21.6. The van der Waals surface area contributed by atoms with Crippen LogP contribution in [-0.2, 0) is 14.8 Å². The quantitative estimate of drug-likeness (QED) is 0.652. The third-order valence-electron chi connectivity index (χ3n) is 4.63. The molecule has 8 heteroatoms. The SMILES string of the molecule is CC(C)C(NS(=O)(=O)c1ccccc1F)C(=O)NCC(c1ccccc1)N(C)C. The van der Waals surface area contributed by atoms with E-state index in [-0.39, 0.29) is 12.0 Å². The molecule has 0 heterocycles. The van der Waals surface area contributed by atoms with E-state index in [2.05, 4.69) is 10.0 Å². The Labute approximate surface area is 172 Å². The lowest BCUT2D eigenvalue weighted by Crippen LogP contribution is -2.51. The van der Waals surface area contributed by atoms with Crippen LogP contribution in [0.2, 0.25) is 0 Å². The van der Waals surface area contributed by atoms with Gasteiger partial charge in [0.2, 0.25) is 15.9 Å². The Hall–Kier alpha value is -2.29. The number of carbonyl (C=O) groups excluding carboxylic acids is 1. The van der Waals surface area contributed by atoms with Gasteiger partial charge in [-0.15, -0.1) is 0 Å². The number of benzene rings is 2. The second-order valence-corrected chi connectivity index (χ2v) is 9.09. The van der Waals surface area contributed by atoms with Crippen LogP contribution < -0.4 is 10.0 Å². The van der Waals surface area contributed by atoms with E-state index in [0.717, 1.165) is 11.6 Å². The molecule has 2 rings (SSSR count). The van der Waals surface area contributed by atoms with Gasteiger partial charge in [0.25, 0.3) is 0 Å². The van der Waals surface area contributed by atoms with Crippen molar-refractivity contribution in [3.8, 4) is 0 Å². The Morgan fingerprint density at radius 3 is 2.17 bits per heavy atom. The van der Waals surface area contributed by atoms with E-state index in [1.807, 2.05) is 49.3 Å². The number of sulfonamides is 1. The van der Waals surface area contributed by atoms with Crippen molar-refractivity contribution in [2.75, 3.05) is 20.6 Å². The highest BCUT2D eigenvalue weighted by atomic mass is 32.2. The number of nitrogens with one attached hydrogen (secondary N) is 2. The molecule has 0 aliphatic heterocycles. The van der Waals surface area contributed by atoms with Crippen LogP contribution in [0.25, 0.3) is 0 Å². The summed E-state index contributed by atoms with van der Waals surface area (Å²) in [4.78, 5) is 14.3. The lowest BCUT2D eigenvalue weighted by molar-refractivity contribution is -0.123. The molecule has 1 amide bonds. The highest BCUT2D eigenvalue weighted by molar-refractivity contribution is 7.89. The molecular weight excluding hydrogens is 393 g/mol. The van der Waals surface area contributed by atoms with Gasteiger partial charge in [0.1, 0.15) is 16.8 Å². The van der Waals surface area contributed by atoms with Gasteiger partial charge in [0, 0.05) is 6.54 Å². The first-order valence-corrected chi connectivity index (χ1v) is 10.9. The van der Waals surface area contributed by atoms with Gasteiger partial charge in [-0.3, -0.25) is 4.79 Å². The van der Waals surface area contributed by atoms with E-state index in [1.165, 1.54) is 18.2 Å². The molecule has 158 valence electrons. The Balaban J connectivity index is 2.14. The molecule has 0 saturated carbocycles. The van der Waals surface area contributed by atoms with E-state index in [0.29, 0.717) is 6.54 Å². The number of hydrogen-bond donors (Lipinski definition) is 2. The van der Waals surface area contributed by atoms with Crippen LogP contribution in [0.5, 0.6) is 0 Å². The van der Waals surface area contributed by atoms with Crippen molar-refractivity contribution < 1.29 is 17.6 Å². The number of amides is 1. The summed E-state index contributed by atoms with van der Waals surface area (Å²) in [5, 5.41) is 2.83. The van der Waals surface area contributed by atoms with Gasteiger partial charge in [0.15, 0.2) is 0 Å². The minimum Gasteiger partial charge on any atom is -0.353 e. The number of hydrogen-bond acceptors (Lipinski definition) is 4. The molecule has 2 atom stereocenters. The van der Waals surface area contributed by atoms with Crippen molar-refractivity contribution in [3.63, 3.8) is 0 Å². The molecule has 0 aliphatic rings. The molecule has 2 N–H and O–H groups in total. The minimum absolute atomic E-state index is 0.0730. The normalized spacial score (nSPS) is 14.0. The fraction of sp³-hybridized carbons (Fsp3) is 0.381. The van der Waals surface area contributed by atoms with E-state index >= 15 is 0 Å². The third-order valence-corrected chi connectivity index (χ3v) is 6.11. The molecule has 0 aromatic heterocycles. The molecule has 29 heavy (non-hydrogen) atoms. The first-order chi connectivity index (χ1) is 13.6. The van der Waals surface area contributed by atoms with E-state index in [4.69, 9.17) is 0 Å². The van der Waals surface area contributed by atoms with Crippen molar-refractivity contribution in [2.24, 2.45) is 5.92 Å². The van der Waals surface area contributed by atoms with Gasteiger partial charge in [-0.1, -0.05) is 56.3 Å². The second-order valence-electron chi connectivity index (χ2n) is 7.41. The topological polar surface area (TPSA) is 78.5 Å². The lowest BCUT2D eigenvalue weighted by Gasteiger charge is -2.27. The summed E-state index contributed by atoms with van der Waals surface area (Å²) in [5.74, 6) is -1.64. The third kappa shape index (κ3) is 6.09. The summed E-state index contributed by atoms with van der Waals surface area (Å²) in [6.07, 6.45) is 0. The Morgan fingerprint density at radius 2 is 1.62 bits per heavy atom. The molecule has 0 saturated heterocycles. The van der Waals surface area contributed by atoms with E-state index < -0.39 is 32.7 Å². The van der Waals surface area contributed by atoms with Gasteiger partial charge in [-0.25, -0.2) is 12.8 Å². The van der Waals surface area contributed by atoms with Gasteiger partial charge in [-0.2, -0.15) is 4.72 Å². The number of halogens is 1. The average Bonchev–Trinajstić information content (AvgIpc) is 2.66. The van der Waals surface area contributed by atoms with Crippen LogP contribution >= 0.6 is 0 Å². The molecule has 0 fully saturated rings. The first kappa shape index (κ1) is 23.0. The lowest BCUT2D eigenvalue weighted by atomic mass is 10.0. The van der Waals surface area contributed by atoms with Crippen LogP contribution in [0.15, 0.2) is 59.5 Å². The summed E-state index contributed by atoms with van der Waals surface area (Å²) in [6.45, 7) is 3.77. The fourth-order valence-electron chi connectivity index (χ4n) is 2.97. The summed E-state index contributed by atoms with van der Waals surface area (Å²) in [5.41, 5.74) is 1.03. The average molecular weight is 422 g/mol.